The van der Waals surface area contributed by atoms with E-state index in [-0.39, 0.29) is 5.91 Å². The second-order valence-corrected chi connectivity index (χ2v) is 6.17. The Kier molecular flexibility index (Phi) is 3.95. The Balaban J connectivity index is 1.44. The third kappa shape index (κ3) is 2.82. The van der Waals surface area contributed by atoms with Crippen LogP contribution in [-0.2, 0) is 11.2 Å². The largest absolute Gasteiger partial charge is 0.497 e. The number of benzene rings is 1. The molecule has 108 valence electrons. The molecule has 1 aromatic rings. The van der Waals surface area contributed by atoms with E-state index in [1.54, 1.807) is 7.11 Å². The monoisotopic (exact) mass is 273 g/mol. The highest BCUT2D eigenvalue weighted by atomic mass is 16.5. The van der Waals surface area contributed by atoms with Crippen molar-refractivity contribution in [2.24, 2.45) is 17.8 Å². The summed E-state index contributed by atoms with van der Waals surface area (Å²) < 4.78 is 5.14. The summed E-state index contributed by atoms with van der Waals surface area (Å²) in [5.74, 6) is 2.95. The Hall–Kier alpha value is -1.51. The predicted octanol–water partition coefficient (Wildman–Crippen LogP) is 2.79. The fourth-order valence-corrected chi connectivity index (χ4v) is 3.82. The first kappa shape index (κ1) is 13.5. The fourth-order valence-electron chi connectivity index (χ4n) is 3.82. The summed E-state index contributed by atoms with van der Waals surface area (Å²) in [5, 5.41) is 3.12. The number of hydrogen-bond acceptors (Lipinski definition) is 2. The van der Waals surface area contributed by atoms with Gasteiger partial charge in [-0.2, -0.15) is 0 Å². The Morgan fingerprint density at radius 2 is 2.05 bits per heavy atom. The number of ether oxygens (including phenoxy) is 1. The van der Waals surface area contributed by atoms with E-state index in [0.29, 0.717) is 11.8 Å². The molecule has 1 aromatic carbocycles. The molecule has 0 aliphatic heterocycles. The van der Waals surface area contributed by atoms with Crippen molar-refractivity contribution in [3.05, 3.63) is 29.8 Å². The van der Waals surface area contributed by atoms with Gasteiger partial charge in [-0.15, -0.1) is 0 Å². The van der Waals surface area contributed by atoms with E-state index >= 15 is 0 Å². The average Bonchev–Trinajstić information content (AvgIpc) is 3.10. The third-order valence-corrected chi connectivity index (χ3v) is 4.95. The van der Waals surface area contributed by atoms with E-state index < -0.39 is 0 Å². The molecule has 0 saturated heterocycles. The summed E-state index contributed by atoms with van der Waals surface area (Å²) in [4.78, 5) is 12.2. The van der Waals surface area contributed by atoms with Gasteiger partial charge >= 0.3 is 0 Å². The van der Waals surface area contributed by atoms with Crippen LogP contribution in [0.2, 0.25) is 0 Å². The van der Waals surface area contributed by atoms with Crippen LogP contribution in [0.1, 0.15) is 31.2 Å². The lowest BCUT2D eigenvalue weighted by Gasteiger charge is -2.20. The highest BCUT2D eigenvalue weighted by molar-refractivity contribution is 5.79. The molecule has 3 heteroatoms. The summed E-state index contributed by atoms with van der Waals surface area (Å²) in [6, 6.07) is 8.05. The van der Waals surface area contributed by atoms with Crippen LogP contribution in [0.15, 0.2) is 24.3 Å². The number of methoxy groups -OCH3 is 1. The van der Waals surface area contributed by atoms with Gasteiger partial charge < -0.3 is 10.1 Å². The molecule has 1 N–H and O–H groups in total. The molecule has 3 unspecified atom stereocenters. The number of fused-ring (bicyclic) bond motifs is 2. The molecular formula is C17H23NO2. The molecule has 0 radical (unpaired) electrons. The number of hydrogen-bond donors (Lipinski definition) is 1. The van der Waals surface area contributed by atoms with Crippen LogP contribution >= 0.6 is 0 Å². The van der Waals surface area contributed by atoms with Crippen LogP contribution < -0.4 is 10.1 Å². The van der Waals surface area contributed by atoms with Gasteiger partial charge in [0, 0.05) is 12.5 Å². The van der Waals surface area contributed by atoms with Gasteiger partial charge in [0.05, 0.1) is 7.11 Å². The van der Waals surface area contributed by atoms with Gasteiger partial charge in [0.2, 0.25) is 5.91 Å². The van der Waals surface area contributed by atoms with Crippen LogP contribution in [0.4, 0.5) is 0 Å². The van der Waals surface area contributed by atoms with Gasteiger partial charge in [-0.3, -0.25) is 4.79 Å². The Morgan fingerprint density at radius 3 is 2.65 bits per heavy atom. The van der Waals surface area contributed by atoms with Gasteiger partial charge in [-0.1, -0.05) is 18.6 Å². The van der Waals surface area contributed by atoms with Gasteiger partial charge in [0.15, 0.2) is 0 Å². The lowest BCUT2D eigenvalue weighted by molar-refractivity contribution is -0.126. The first-order chi connectivity index (χ1) is 9.76. The van der Waals surface area contributed by atoms with Crippen molar-refractivity contribution < 1.29 is 9.53 Å². The normalized spacial score (nSPS) is 27.6. The maximum atomic E-state index is 12.2. The van der Waals surface area contributed by atoms with Crippen LogP contribution in [0.25, 0.3) is 0 Å². The highest BCUT2D eigenvalue weighted by Crippen LogP contribution is 2.48. The smallest absolute Gasteiger partial charge is 0.223 e. The Morgan fingerprint density at radius 1 is 1.25 bits per heavy atom. The van der Waals surface area contributed by atoms with E-state index in [0.717, 1.165) is 31.1 Å². The average molecular weight is 273 g/mol. The molecule has 3 rings (SSSR count). The van der Waals surface area contributed by atoms with Gasteiger partial charge in [-0.05, 0) is 55.2 Å². The van der Waals surface area contributed by atoms with E-state index in [1.807, 2.05) is 12.1 Å². The van der Waals surface area contributed by atoms with E-state index in [2.05, 4.69) is 17.4 Å². The lowest BCUT2D eigenvalue weighted by atomic mass is 9.88. The van der Waals surface area contributed by atoms with Crippen LogP contribution in [0, 0.1) is 17.8 Å². The van der Waals surface area contributed by atoms with Crippen LogP contribution in [-0.4, -0.2) is 19.6 Å². The molecule has 0 heterocycles. The van der Waals surface area contributed by atoms with Crippen molar-refractivity contribution in [1.82, 2.24) is 5.32 Å². The van der Waals surface area contributed by atoms with Crippen molar-refractivity contribution in [3.63, 3.8) is 0 Å². The minimum atomic E-state index is 0.283. The summed E-state index contributed by atoms with van der Waals surface area (Å²) in [7, 11) is 1.67. The van der Waals surface area contributed by atoms with Crippen LogP contribution in [0.5, 0.6) is 5.75 Å². The quantitative estimate of drug-likeness (QED) is 0.896. The lowest BCUT2D eigenvalue weighted by Crippen LogP contribution is -2.34. The Labute approximate surface area is 120 Å². The molecule has 2 bridgehead atoms. The summed E-state index contributed by atoms with van der Waals surface area (Å²) >= 11 is 0. The van der Waals surface area contributed by atoms with Crippen molar-refractivity contribution in [2.75, 3.05) is 13.7 Å². The molecular weight excluding hydrogens is 250 g/mol. The Bertz CT molecular complexity index is 468. The molecule has 3 atom stereocenters. The van der Waals surface area contributed by atoms with Gasteiger partial charge in [0.25, 0.3) is 0 Å². The molecule has 3 nitrogen and oxygen atoms in total. The number of carbonyl (C=O) groups excluding carboxylic acids is 1. The van der Waals surface area contributed by atoms with Crippen molar-refractivity contribution in [1.29, 1.82) is 0 Å². The van der Waals surface area contributed by atoms with E-state index in [4.69, 9.17) is 4.74 Å². The van der Waals surface area contributed by atoms with Crippen molar-refractivity contribution in [3.8, 4) is 5.75 Å². The summed E-state index contributed by atoms with van der Waals surface area (Å²) in [6.07, 6.45) is 5.91. The fraction of sp³-hybridized carbons (Fsp3) is 0.588. The number of nitrogens with one attached hydrogen (secondary N) is 1. The van der Waals surface area contributed by atoms with Crippen LogP contribution in [0.3, 0.4) is 0 Å². The summed E-state index contributed by atoms with van der Waals surface area (Å²) in [6.45, 7) is 0.735. The maximum Gasteiger partial charge on any atom is 0.223 e. The number of amides is 1. The topological polar surface area (TPSA) is 38.3 Å². The number of carbonyl (C=O) groups is 1. The third-order valence-electron chi connectivity index (χ3n) is 4.95. The SMILES string of the molecule is COc1ccc(CCNC(=O)C2CC3CCC2C3)cc1. The maximum absolute atomic E-state index is 12.2. The minimum absolute atomic E-state index is 0.283. The first-order valence-corrected chi connectivity index (χ1v) is 7.67. The molecule has 0 aromatic heterocycles. The molecule has 2 aliphatic carbocycles. The minimum Gasteiger partial charge on any atom is -0.497 e. The van der Waals surface area contributed by atoms with Gasteiger partial charge in [0.1, 0.15) is 5.75 Å². The molecule has 2 fully saturated rings. The second-order valence-electron chi connectivity index (χ2n) is 6.17. The molecule has 2 saturated carbocycles. The second kappa shape index (κ2) is 5.86. The van der Waals surface area contributed by atoms with Crippen molar-refractivity contribution in [2.45, 2.75) is 32.1 Å². The van der Waals surface area contributed by atoms with E-state index in [1.165, 1.54) is 24.8 Å². The standard InChI is InChI=1S/C17H23NO2/c1-20-15-6-3-12(4-7-15)8-9-18-17(19)16-11-13-2-5-14(16)10-13/h3-4,6-7,13-14,16H,2,5,8-11H2,1H3,(H,18,19). The zero-order chi connectivity index (χ0) is 13.9. The van der Waals surface area contributed by atoms with E-state index in [9.17, 15) is 4.79 Å². The van der Waals surface area contributed by atoms with Gasteiger partial charge in [-0.25, -0.2) is 0 Å². The summed E-state index contributed by atoms with van der Waals surface area (Å²) in [5.41, 5.74) is 1.24. The molecule has 2 aliphatic rings. The molecule has 0 spiro atoms. The molecule has 1 amide bonds. The predicted molar refractivity (Wildman–Crippen MR) is 78.6 cm³/mol. The zero-order valence-electron chi connectivity index (χ0n) is 12.1. The number of rotatable bonds is 5. The highest BCUT2D eigenvalue weighted by Gasteiger charge is 2.42. The first-order valence-electron chi connectivity index (χ1n) is 7.67. The zero-order valence-corrected chi connectivity index (χ0v) is 12.1. The molecule has 20 heavy (non-hydrogen) atoms. The van der Waals surface area contributed by atoms with Crippen molar-refractivity contribution >= 4 is 5.91 Å².